The van der Waals surface area contributed by atoms with Crippen molar-refractivity contribution in [3.8, 4) is 17.0 Å². The molecule has 1 aliphatic rings. The Labute approximate surface area is 388 Å². The number of carbonyl (C=O) groups excluding carboxylic acids is 1. The molecule has 2 N–H and O–H groups in total. The molecule has 0 unspecified atom stereocenters. The second-order valence-corrected chi connectivity index (χ2v) is 24.6. The molecule has 66 heavy (non-hydrogen) atoms. The molecule has 1 aliphatic heterocycles. The molecule has 13 nitrogen and oxygen atoms in total. The van der Waals surface area contributed by atoms with Crippen LogP contribution in [0.1, 0.15) is 127 Å². The predicted molar refractivity (Wildman–Crippen MR) is 255 cm³/mol. The SMILES string of the molecule is CCc1cnn2c(NCc3ccc(OCCCc4cc(-c5cnc([C@H](C)NC(=O)OC(C)(C)C)cc5C)cc(C(F)(F)F)n4)nc3)cc(N3CCCC[C@H]3CCO[Si](C)(C)C(C)(C)C)nc12. The number of nitrogens with zero attached hydrogens (tertiary/aromatic N) is 7. The number of fused-ring (bicyclic) bond motifs is 1. The number of carbonyl (C=O) groups is 1. The summed E-state index contributed by atoms with van der Waals surface area (Å²) in [5.41, 5.74) is 3.63. The predicted octanol–water partition coefficient (Wildman–Crippen LogP) is 11.5. The van der Waals surface area contributed by atoms with Crippen LogP contribution in [0.3, 0.4) is 0 Å². The summed E-state index contributed by atoms with van der Waals surface area (Å²) in [5.74, 6) is 2.20. The van der Waals surface area contributed by atoms with Gasteiger partial charge in [0.05, 0.1) is 24.5 Å². The van der Waals surface area contributed by atoms with E-state index in [2.05, 4.69) is 77.3 Å². The Balaban J connectivity index is 1.07. The van der Waals surface area contributed by atoms with Gasteiger partial charge in [-0.25, -0.2) is 19.7 Å². The number of halogens is 3. The topological polar surface area (TPSA) is 141 Å². The van der Waals surface area contributed by atoms with E-state index >= 15 is 0 Å². The number of hydrogen-bond donors (Lipinski definition) is 2. The molecule has 0 aliphatic carbocycles. The van der Waals surface area contributed by atoms with Crippen LogP contribution < -0.4 is 20.3 Å². The highest BCUT2D eigenvalue weighted by Gasteiger charge is 2.38. The van der Waals surface area contributed by atoms with Crippen LogP contribution in [0, 0.1) is 6.92 Å². The molecule has 17 heteroatoms. The van der Waals surface area contributed by atoms with E-state index in [4.69, 9.17) is 24.0 Å². The van der Waals surface area contributed by atoms with Crippen LogP contribution in [0.5, 0.6) is 5.88 Å². The summed E-state index contributed by atoms with van der Waals surface area (Å²) in [6, 6.07) is 10.1. The maximum absolute atomic E-state index is 14.1. The first-order valence-electron chi connectivity index (χ1n) is 23.2. The summed E-state index contributed by atoms with van der Waals surface area (Å²) in [4.78, 5) is 32.9. The molecular formula is C49H68F3N9O4Si. The summed E-state index contributed by atoms with van der Waals surface area (Å²) in [6.45, 7) is 24.8. The molecule has 358 valence electrons. The molecule has 0 saturated carbocycles. The molecule has 0 aromatic carbocycles. The number of nitrogens with one attached hydrogen (secondary N) is 2. The Morgan fingerprint density at radius 2 is 1.74 bits per heavy atom. The van der Waals surface area contributed by atoms with E-state index in [-0.39, 0.29) is 23.8 Å². The fourth-order valence-electron chi connectivity index (χ4n) is 7.70. The average molecular weight is 932 g/mol. The van der Waals surface area contributed by atoms with Crippen LogP contribution in [-0.4, -0.2) is 75.4 Å². The highest BCUT2D eigenvalue weighted by molar-refractivity contribution is 6.74. The molecule has 5 aromatic rings. The summed E-state index contributed by atoms with van der Waals surface area (Å²) in [5, 5.41) is 11.2. The number of pyridine rings is 3. The third-order valence-corrected chi connectivity index (χ3v) is 17.0. The number of piperidine rings is 1. The summed E-state index contributed by atoms with van der Waals surface area (Å²) in [6.07, 6.45) is 5.78. The van der Waals surface area contributed by atoms with E-state index in [9.17, 15) is 18.0 Å². The zero-order valence-corrected chi connectivity index (χ0v) is 41.5. The summed E-state index contributed by atoms with van der Waals surface area (Å²) in [7, 11) is -1.85. The molecule has 1 amide bonds. The fraction of sp³-hybridized carbons (Fsp3) is 0.551. The number of anilines is 2. The van der Waals surface area contributed by atoms with Crippen LogP contribution in [0.2, 0.25) is 18.1 Å². The number of aryl methyl sites for hydroxylation is 3. The van der Waals surface area contributed by atoms with Gasteiger partial charge in [0.2, 0.25) is 5.88 Å². The van der Waals surface area contributed by atoms with Crippen LogP contribution in [0.25, 0.3) is 16.8 Å². The maximum Gasteiger partial charge on any atom is 0.433 e. The monoisotopic (exact) mass is 932 g/mol. The number of ether oxygens (including phenoxy) is 2. The molecule has 6 heterocycles. The van der Waals surface area contributed by atoms with Gasteiger partial charge in [-0.3, -0.25) is 4.98 Å². The third kappa shape index (κ3) is 13.0. The molecule has 5 aromatic heterocycles. The van der Waals surface area contributed by atoms with Gasteiger partial charge in [-0.2, -0.15) is 22.8 Å². The van der Waals surface area contributed by atoms with Gasteiger partial charge in [-0.1, -0.05) is 33.8 Å². The summed E-state index contributed by atoms with van der Waals surface area (Å²) >= 11 is 0. The van der Waals surface area contributed by atoms with Crippen molar-refractivity contribution in [3.05, 3.63) is 88.8 Å². The Morgan fingerprint density at radius 3 is 2.41 bits per heavy atom. The van der Waals surface area contributed by atoms with Crippen LogP contribution in [0.4, 0.5) is 29.6 Å². The number of alkyl halides is 3. The van der Waals surface area contributed by atoms with Crippen molar-refractivity contribution in [2.24, 2.45) is 0 Å². The number of alkyl carbamates (subject to hydrolysis) is 1. The van der Waals surface area contributed by atoms with E-state index in [0.29, 0.717) is 47.3 Å². The smallest absolute Gasteiger partial charge is 0.433 e. The van der Waals surface area contributed by atoms with Crippen molar-refractivity contribution in [1.29, 1.82) is 0 Å². The maximum atomic E-state index is 14.1. The van der Waals surface area contributed by atoms with Crippen LogP contribution in [0.15, 0.2) is 55.0 Å². The van der Waals surface area contributed by atoms with Crippen molar-refractivity contribution >= 4 is 31.7 Å². The Morgan fingerprint density at radius 1 is 0.970 bits per heavy atom. The van der Waals surface area contributed by atoms with E-state index < -0.39 is 37.9 Å². The zero-order valence-electron chi connectivity index (χ0n) is 40.5. The van der Waals surface area contributed by atoms with E-state index in [1.165, 1.54) is 12.6 Å². The number of hydrogen-bond acceptors (Lipinski definition) is 11. The minimum absolute atomic E-state index is 0.164. The van der Waals surface area contributed by atoms with E-state index in [1.54, 1.807) is 59.0 Å². The van der Waals surface area contributed by atoms with Gasteiger partial charge >= 0.3 is 12.3 Å². The molecule has 0 spiro atoms. The quantitative estimate of drug-likeness (QED) is 0.0680. The Hall–Kier alpha value is -5.29. The van der Waals surface area contributed by atoms with Gasteiger partial charge < -0.3 is 29.4 Å². The molecule has 0 bridgehead atoms. The van der Waals surface area contributed by atoms with E-state index in [1.807, 2.05) is 16.8 Å². The van der Waals surface area contributed by atoms with Crippen molar-refractivity contribution in [2.75, 3.05) is 30.0 Å². The summed E-state index contributed by atoms with van der Waals surface area (Å²) < 4.78 is 62.0. The molecule has 2 atom stereocenters. The van der Waals surface area contributed by atoms with E-state index in [0.717, 1.165) is 73.3 Å². The lowest BCUT2D eigenvalue weighted by Crippen LogP contribution is -2.44. The average Bonchev–Trinajstić information content (AvgIpc) is 3.66. The van der Waals surface area contributed by atoms with Crippen molar-refractivity contribution in [1.82, 2.24) is 34.9 Å². The van der Waals surface area contributed by atoms with Gasteiger partial charge in [0.15, 0.2) is 14.0 Å². The first-order chi connectivity index (χ1) is 31.0. The Kier molecular flexibility index (Phi) is 15.7. The lowest BCUT2D eigenvalue weighted by Gasteiger charge is -2.39. The minimum atomic E-state index is -4.64. The third-order valence-electron chi connectivity index (χ3n) is 12.4. The molecule has 1 saturated heterocycles. The normalized spacial score (nSPS) is 15.5. The number of rotatable bonds is 17. The van der Waals surface area contributed by atoms with Crippen molar-refractivity contribution < 1.29 is 31.9 Å². The van der Waals surface area contributed by atoms with Crippen LogP contribution >= 0.6 is 0 Å². The molecule has 0 radical (unpaired) electrons. The van der Waals surface area contributed by atoms with Gasteiger partial charge in [0.25, 0.3) is 0 Å². The standard InChI is InChI=1S/C49H68F3N9O4Si/c1-12-35-30-56-61-42(27-43(59-45(35)61)60-21-14-13-17-38(60)20-23-64-66(10,11)48(7,8)9)54-28-34-18-19-44(55-29-34)63-22-15-16-37-25-36(26-41(58-37)49(50,51)52)39-31-53-40(24-32(39)2)33(3)57-46(62)65-47(4,5)6/h18-19,24-27,29-31,33,38,54H,12-17,20-23,28H2,1-11H3,(H,57,62)/t33-,38-/m0/s1. The Bertz CT molecular complexity index is 2430. The number of aromatic nitrogens is 6. The molecule has 6 rings (SSSR count). The lowest BCUT2D eigenvalue weighted by atomic mass is 9.99. The first-order valence-corrected chi connectivity index (χ1v) is 26.1. The fourth-order valence-corrected chi connectivity index (χ4v) is 8.76. The van der Waals surface area contributed by atoms with Gasteiger partial charge in [0, 0.05) is 67.1 Å². The minimum Gasteiger partial charge on any atom is -0.478 e. The van der Waals surface area contributed by atoms with Crippen molar-refractivity contribution in [2.45, 2.75) is 156 Å². The van der Waals surface area contributed by atoms with Gasteiger partial charge in [0.1, 0.15) is 22.9 Å². The van der Waals surface area contributed by atoms with Crippen molar-refractivity contribution in [3.63, 3.8) is 0 Å². The van der Waals surface area contributed by atoms with Gasteiger partial charge in [-0.05, 0) is 133 Å². The highest BCUT2D eigenvalue weighted by Crippen LogP contribution is 2.38. The largest absolute Gasteiger partial charge is 0.478 e. The highest BCUT2D eigenvalue weighted by atomic mass is 28.4. The first kappa shape index (κ1) is 50.1. The second kappa shape index (κ2) is 20.7. The molecule has 1 fully saturated rings. The molecular weight excluding hydrogens is 864 g/mol. The van der Waals surface area contributed by atoms with Crippen LogP contribution in [-0.2, 0) is 34.7 Å². The lowest BCUT2D eigenvalue weighted by molar-refractivity contribution is -0.141. The van der Waals surface area contributed by atoms with Gasteiger partial charge in [-0.15, -0.1) is 0 Å². The zero-order chi connectivity index (χ0) is 48.0. The number of amides is 1. The second-order valence-electron chi connectivity index (χ2n) is 19.8.